The molecule has 0 nitrogen and oxygen atoms in total. The normalized spacial score (nSPS) is 27.0. The minimum atomic E-state index is 0.489. The molecule has 1 aliphatic rings. The third-order valence-electron chi connectivity index (χ3n) is 4.69. The Morgan fingerprint density at radius 3 is 2.00 bits per heavy atom. The van der Waals surface area contributed by atoms with Gasteiger partial charge in [-0.05, 0) is 37.8 Å². The van der Waals surface area contributed by atoms with Crippen LogP contribution in [0.2, 0.25) is 0 Å². The smallest absolute Gasteiger partial charge is 0.00826 e. The first-order valence-corrected chi connectivity index (χ1v) is 8.18. The van der Waals surface area contributed by atoms with Crippen LogP contribution in [0.25, 0.3) is 0 Å². The standard InChI is InChI=1S/C22H24/c1-17-13-14-21(19-9-5-3-6-10-19)16-18(2)22(15-17)20-11-7-4-8-12-20/h3-13,16,21-22H,14-15H2,1-2H3/b17-13-,18-16-/t21-,22-/m1/s1. The van der Waals surface area contributed by atoms with Crippen molar-refractivity contribution in [1.29, 1.82) is 0 Å². The summed E-state index contributed by atoms with van der Waals surface area (Å²) in [5.74, 6) is 0.992. The fourth-order valence-corrected chi connectivity index (χ4v) is 3.39. The molecule has 0 saturated heterocycles. The molecule has 0 spiro atoms. The summed E-state index contributed by atoms with van der Waals surface area (Å²) in [6.07, 6.45) is 7.15. The lowest BCUT2D eigenvalue weighted by atomic mass is 9.81. The molecule has 1 aliphatic carbocycles. The van der Waals surface area contributed by atoms with Gasteiger partial charge >= 0.3 is 0 Å². The van der Waals surface area contributed by atoms with Crippen LogP contribution in [0.1, 0.15) is 49.7 Å². The zero-order valence-corrected chi connectivity index (χ0v) is 13.5. The molecule has 112 valence electrons. The van der Waals surface area contributed by atoms with Crippen molar-refractivity contribution in [2.45, 2.75) is 38.5 Å². The molecule has 0 saturated carbocycles. The molecule has 2 atom stereocenters. The van der Waals surface area contributed by atoms with E-state index in [9.17, 15) is 0 Å². The van der Waals surface area contributed by atoms with Crippen molar-refractivity contribution >= 4 is 0 Å². The predicted octanol–water partition coefficient (Wildman–Crippen LogP) is 6.24. The van der Waals surface area contributed by atoms with Gasteiger partial charge in [-0.1, -0.05) is 84.0 Å². The van der Waals surface area contributed by atoms with E-state index in [1.165, 1.54) is 22.3 Å². The van der Waals surface area contributed by atoms with Crippen LogP contribution in [0, 0.1) is 0 Å². The van der Waals surface area contributed by atoms with E-state index in [1.807, 2.05) is 0 Å². The van der Waals surface area contributed by atoms with E-state index < -0.39 is 0 Å². The van der Waals surface area contributed by atoms with Crippen molar-refractivity contribution in [2.24, 2.45) is 0 Å². The highest BCUT2D eigenvalue weighted by Crippen LogP contribution is 2.36. The second-order valence-electron chi connectivity index (χ2n) is 6.38. The topological polar surface area (TPSA) is 0 Å². The number of rotatable bonds is 2. The average molecular weight is 288 g/mol. The first kappa shape index (κ1) is 14.8. The molecule has 0 radical (unpaired) electrons. The summed E-state index contributed by atoms with van der Waals surface area (Å²) in [6.45, 7) is 4.57. The Labute approximate surface area is 134 Å². The first-order chi connectivity index (χ1) is 10.7. The van der Waals surface area contributed by atoms with Gasteiger partial charge < -0.3 is 0 Å². The Hall–Kier alpha value is -2.08. The summed E-state index contributed by atoms with van der Waals surface area (Å²) >= 11 is 0. The van der Waals surface area contributed by atoms with E-state index in [-0.39, 0.29) is 0 Å². The van der Waals surface area contributed by atoms with Gasteiger partial charge in [0.15, 0.2) is 0 Å². The molecule has 0 bridgehead atoms. The van der Waals surface area contributed by atoms with Crippen molar-refractivity contribution < 1.29 is 0 Å². The quantitative estimate of drug-likeness (QED) is 0.574. The Morgan fingerprint density at radius 1 is 0.773 bits per heavy atom. The van der Waals surface area contributed by atoms with E-state index in [2.05, 4.69) is 86.7 Å². The molecule has 0 aromatic heterocycles. The third-order valence-corrected chi connectivity index (χ3v) is 4.69. The lowest BCUT2D eigenvalue weighted by molar-refractivity contribution is 0.727. The third kappa shape index (κ3) is 3.39. The lowest BCUT2D eigenvalue weighted by Crippen LogP contribution is -2.07. The van der Waals surface area contributed by atoms with Crippen molar-refractivity contribution in [3.63, 3.8) is 0 Å². The van der Waals surface area contributed by atoms with Gasteiger partial charge in [-0.2, -0.15) is 0 Å². The molecule has 2 aromatic rings. The van der Waals surface area contributed by atoms with Crippen LogP contribution in [0.3, 0.4) is 0 Å². The van der Waals surface area contributed by atoms with E-state index in [0.717, 1.165) is 12.8 Å². The highest BCUT2D eigenvalue weighted by Gasteiger charge is 2.18. The zero-order valence-electron chi connectivity index (χ0n) is 13.5. The maximum absolute atomic E-state index is 2.48. The first-order valence-electron chi connectivity index (χ1n) is 8.18. The van der Waals surface area contributed by atoms with Gasteiger partial charge in [0.1, 0.15) is 0 Å². The highest BCUT2D eigenvalue weighted by molar-refractivity contribution is 5.35. The zero-order chi connectivity index (χ0) is 15.4. The molecule has 0 amide bonds. The Kier molecular flexibility index (Phi) is 4.58. The van der Waals surface area contributed by atoms with Crippen molar-refractivity contribution in [1.82, 2.24) is 0 Å². The van der Waals surface area contributed by atoms with E-state index in [1.54, 1.807) is 0 Å². The van der Waals surface area contributed by atoms with Crippen molar-refractivity contribution in [2.75, 3.05) is 0 Å². The second-order valence-corrected chi connectivity index (χ2v) is 6.38. The summed E-state index contributed by atoms with van der Waals surface area (Å²) in [5.41, 5.74) is 5.84. The Balaban J connectivity index is 1.97. The van der Waals surface area contributed by atoms with Crippen LogP contribution in [0.5, 0.6) is 0 Å². The molecule has 0 unspecified atom stereocenters. The fourth-order valence-electron chi connectivity index (χ4n) is 3.39. The Bertz CT molecular complexity index is 662. The summed E-state index contributed by atoms with van der Waals surface area (Å²) in [5, 5.41) is 0. The molecular formula is C22H24. The summed E-state index contributed by atoms with van der Waals surface area (Å²) in [7, 11) is 0. The van der Waals surface area contributed by atoms with Gasteiger partial charge in [-0.15, -0.1) is 0 Å². The van der Waals surface area contributed by atoms with Gasteiger partial charge in [0.05, 0.1) is 0 Å². The van der Waals surface area contributed by atoms with E-state index >= 15 is 0 Å². The molecule has 0 N–H and O–H groups in total. The van der Waals surface area contributed by atoms with Crippen LogP contribution in [0.4, 0.5) is 0 Å². The maximum Gasteiger partial charge on any atom is 0.00826 e. The second kappa shape index (κ2) is 6.79. The minimum absolute atomic E-state index is 0.489. The monoisotopic (exact) mass is 288 g/mol. The Morgan fingerprint density at radius 2 is 1.36 bits per heavy atom. The lowest BCUT2D eigenvalue weighted by Gasteiger charge is -2.24. The largest absolute Gasteiger partial charge is 0.0847 e. The molecule has 0 fully saturated rings. The summed E-state index contributed by atoms with van der Waals surface area (Å²) in [6, 6.07) is 21.8. The van der Waals surface area contributed by atoms with Gasteiger partial charge in [-0.3, -0.25) is 0 Å². The van der Waals surface area contributed by atoms with Crippen molar-refractivity contribution in [3.8, 4) is 0 Å². The van der Waals surface area contributed by atoms with Crippen molar-refractivity contribution in [3.05, 3.63) is 95.1 Å². The van der Waals surface area contributed by atoms with Gasteiger partial charge in [0.25, 0.3) is 0 Å². The van der Waals surface area contributed by atoms with Crippen LogP contribution in [-0.2, 0) is 0 Å². The number of benzene rings is 2. The SMILES string of the molecule is C/C1=C/C[C@@H](c2ccccc2)/C=C(/C)[C@H](c2ccccc2)C1. The molecular weight excluding hydrogens is 264 g/mol. The fraction of sp³-hybridized carbons (Fsp3) is 0.273. The number of allylic oxidation sites excluding steroid dienone is 4. The molecule has 0 heterocycles. The van der Waals surface area contributed by atoms with Crippen LogP contribution in [0.15, 0.2) is 84.0 Å². The highest BCUT2D eigenvalue weighted by atomic mass is 14.2. The van der Waals surface area contributed by atoms with Crippen LogP contribution < -0.4 is 0 Å². The minimum Gasteiger partial charge on any atom is -0.0847 e. The van der Waals surface area contributed by atoms with Gasteiger partial charge in [-0.25, -0.2) is 0 Å². The molecule has 0 aliphatic heterocycles. The molecule has 0 heteroatoms. The van der Waals surface area contributed by atoms with Crippen LogP contribution in [-0.4, -0.2) is 0 Å². The van der Waals surface area contributed by atoms with E-state index in [4.69, 9.17) is 0 Å². The number of hydrogen-bond donors (Lipinski definition) is 0. The summed E-state index contributed by atoms with van der Waals surface area (Å²) in [4.78, 5) is 0. The van der Waals surface area contributed by atoms with Gasteiger partial charge in [0.2, 0.25) is 0 Å². The molecule has 22 heavy (non-hydrogen) atoms. The summed E-state index contributed by atoms with van der Waals surface area (Å²) < 4.78 is 0. The average Bonchev–Trinajstić information content (AvgIpc) is 2.56. The molecule has 2 aromatic carbocycles. The predicted molar refractivity (Wildman–Crippen MR) is 95.1 cm³/mol. The number of hydrogen-bond acceptors (Lipinski definition) is 0. The van der Waals surface area contributed by atoms with Crippen LogP contribution >= 0.6 is 0 Å². The van der Waals surface area contributed by atoms with E-state index in [0.29, 0.717) is 11.8 Å². The maximum atomic E-state index is 2.48. The molecule has 3 rings (SSSR count). The van der Waals surface area contributed by atoms with Gasteiger partial charge in [0, 0.05) is 11.8 Å².